The number of ketones is 1. The quantitative estimate of drug-likeness (QED) is 0.441. The van der Waals surface area contributed by atoms with Crippen LogP contribution in [0.25, 0.3) is 0 Å². The lowest BCUT2D eigenvalue weighted by molar-refractivity contribution is 0.0614. The molecule has 28 heavy (non-hydrogen) atoms. The van der Waals surface area contributed by atoms with Crippen molar-refractivity contribution in [2.75, 3.05) is 0 Å². The topological polar surface area (TPSA) is 54.5 Å². The van der Waals surface area contributed by atoms with E-state index in [0.29, 0.717) is 12.0 Å². The largest absolute Gasteiger partial charge is 0.292 e. The van der Waals surface area contributed by atoms with E-state index in [1.807, 2.05) is 25.1 Å². The molecule has 0 spiro atoms. The Hall–Kier alpha value is -1.98. The van der Waals surface area contributed by atoms with E-state index in [2.05, 4.69) is 6.92 Å². The maximum absolute atomic E-state index is 13.3. The summed E-state index contributed by atoms with van der Waals surface area (Å²) in [7, 11) is -3.70. The minimum Gasteiger partial charge on any atom is -0.292 e. The van der Waals surface area contributed by atoms with E-state index in [0.717, 1.165) is 37.7 Å². The minimum absolute atomic E-state index is 0.0965. The van der Waals surface area contributed by atoms with Crippen molar-refractivity contribution in [1.29, 1.82) is 0 Å². The summed E-state index contributed by atoms with van der Waals surface area (Å²) >= 11 is 0. The molecule has 0 bridgehead atoms. The zero-order valence-electron chi connectivity index (χ0n) is 16.7. The molecule has 0 unspecified atom stereocenters. The summed E-state index contributed by atoms with van der Waals surface area (Å²) in [6.07, 6.45) is 5.80. The third-order valence-corrected chi connectivity index (χ3v) is 7.49. The maximum atomic E-state index is 13.3. The Morgan fingerprint density at radius 3 is 2.32 bits per heavy atom. The average Bonchev–Trinajstić information content (AvgIpc) is 2.67. The van der Waals surface area contributed by atoms with Crippen LogP contribution in [0.4, 0.5) is 0 Å². The van der Waals surface area contributed by atoms with Gasteiger partial charge in [0.25, 0.3) is 0 Å². The lowest BCUT2D eigenvalue weighted by Crippen LogP contribution is -2.61. The zero-order valence-corrected chi connectivity index (χ0v) is 17.5. The van der Waals surface area contributed by atoms with Crippen LogP contribution in [0.1, 0.15) is 61.4 Å². The van der Waals surface area contributed by atoms with E-state index in [-0.39, 0.29) is 16.7 Å². The molecule has 1 fully saturated rings. The highest BCUT2D eigenvalue weighted by Gasteiger charge is 2.49. The van der Waals surface area contributed by atoms with Crippen molar-refractivity contribution >= 4 is 15.8 Å². The first-order chi connectivity index (χ1) is 13.4. The molecule has 1 aliphatic rings. The summed E-state index contributed by atoms with van der Waals surface area (Å²) < 4.78 is 28.2. The second-order valence-electron chi connectivity index (χ2n) is 7.63. The van der Waals surface area contributed by atoms with Gasteiger partial charge in [-0.05, 0) is 31.9 Å². The SMILES string of the molecule is CCCCCC[C@H]1C[C@@H](C(=O)c2ccccc2)N1S(=O)(=O)c1ccc(C)cc1. The molecule has 1 saturated heterocycles. The smallest absolute Gasteiger partial charge is 0.243 e. The van der Waals surface area contributed by atoms with Crippen LogP contribution in [0.3, 0.4) is 0 Å². The predicted molar refractivity (Wildman–Crippen MR) is 112 cm³/mol. The molecule has 150 valence electrons. The van der Waals surface area contributed by atoms with Crippen LogP contribution in [-0.4, -0.2) is 30.6 Å². The van der Waals surface area contributed by atoms with E-state index < -0.39 is 16.1 Å². The Balaban J connectivity index is 1.84. The molecule has 1 heterocycles. The van der Waals surface area contributed by atoms with Crippen LogP contribution in [0.5, 0.6) is 0 Å². The van der Waals surface area contributed by atoms with Gasteiger partial charge >= 0.3 is 0 Å². The number of carbonyl (C=O) groups excluding carboxylic acids is 1. The average molecular weight is 400 g/mol. The number of rotatable bonds is 9. The van der Waals surface area contributed by atoms with Crippen LogP contribution >= 0.6 is 0 Å². The number of aryl methyl sites for hydroxylation is 1. The Labute approximate surface area is 168 Å². The molecule has 0 aromatic heterocycles. The number of unbranched alkanes of at least 4 members (excludes halogenated alkanes) is 3. The number of sulfonamides is 1. The molecular weight excluding hydrogens is 370 g/mol. The van der Waals surface area contributed by atoms with E-state index in [1.165, 1.54) is 4.31 Å². The molecule has 0 radical (unpaired) electrons. The van der Waals surface area contributed by atoms with Gasteiger partial charge in [-0.2, -0.15) is 4.31 Å². The van der Waals surface area contributed by atoms with Gasteiger partial charge in [0, 0.05) is 11.6 Å². The summed E-state index contributed by atoms with van der Waals surface area (Å²) in [4.78, 5) is 13.3. The highest BCUT2D eigenvalue weighted by molar-refractivity contribution is 7.89. The third-order valence-electron chi connectivity index (χ3n) is 5.51. The Morgan fingerprint density at radius 2 is 1.68 bits per heavy atom. The van der Waals surface area contributed by atoms with Gasteiger partial charge in [0.05, 0.1) is 10.9 Å². The number of hydrogen-bond acceptors (Lipinski definition) is 3. The number of carbonyl (C=O) groups is 1. The third kappa shape index (κ3) is 4.36. The summed E-state index contributed by atoms with van der Waals surface area (Å²) in [5.74, 6) is -0.110. The minimum atomic E-state index is -3.70. The van der Waals surface area contributed by atoms with Gasteiger partial charge in [-0.15, -0.1) is 0 Å². The summed E-state index contributed by atoms with van der Waals surface area (Å²) in [6.45, 7) is 4.09. The highest BCUT2D eigenvalue weighted by Crippen LogP contribution is 2.37. The van der Waals surface area contributed by atoms with Crippen molar-refractivity contribution in [2.45, 2.75) is 69.4 Å². The van der Waals surface area contributed by atoms with Gasteiger partial charge in [0.2, 0.25) is 10.0 Å². The second kappa shape index (κ2) is 9.01. The highest BCUT2D eigenvalue weighted by atomic mass is 32.2. The van der Waals surface area contributed by atoms with Gasteiger partial charge < -0.3 is 0 Å². The van der Waals surface area contributed by atoms with Crippen molar-refractivity contribution < 1.29 is 13.2 Å². The molecule has 1 aliphatic heterocycles. The van der Waals surface area contributed by atoms with Crippen molar-refractivity contribution in [3.05, 3.63) is 65.7 Å². The van der Waals surface area contributed by atoms with Crippen molar-refractivity contribution in [2.24, 2.45) is 0 Å². The summed E-state index contributed by atoms with van der Waals surface area (Å²) in [5.41, 5.74) is 1.58. The predicted octanol–water partition coefficient (Wildman–Crippen LogP) is 4.98. The first-order valence-corrected chi connectivity index (χ1v) is 11.6. The monoisotopic (exact) mass is 399 g/mol. The van der Waals surface area contributed by atoms with Gasteiger partial charge in [-0.25, -0.2) is 8.42 Å². The normalized spacial score (nSPS) is 19.9. The standard InChI is InChI=1S/C23H29NO3S/c1-3-4-5-9-12-20-17-22(23(25)19-10-7-6-8-11-19)24(20)28(26,27)21-15-13-18(2)14-16-21/h6-8,10-11,13-16,20,22H,3-5,9,12,17H2,1-2H3/t20-,22-/m0/s1. The second-order valence-corrected chi connectivity index (χ2v) is 9.48. The van der Waals surface area contributed by atoms with Crippen molar-refractivity contribution in [1.82, 2.24) is 4.31 Å². The molecule has 0 aliphatic carbocycles. The Morgan fingerprint density at radius 1 is 1.00 bits per heavy atom. The first kappa shape index (κ1) is 20.7. The van der Waals surface area contributed by atoms with Crippen LogP contribution in [-0.2, 0) is 10.0 Å². The number of benzene rings is 2. The molecule has 2 atom stereocenters. The lowest BCUT2D eigenvalue weighted by atomic mass is 9.87. The van der Waals surface area contributed by atoms with Crippen LogP contribution in [0, 0.1) is 6.92 Å². The maximum Gasteiger partial charge on any atom is 0.243 e. The van der Waals surface area contributed by atoms with Gasteiger partial charge in [-0.1, -0.05) is 80.6 Å². The molecule has 0 amide bonds. The molecular formula is C23H29NO3S. The van der Waals surface area contributed by atoms with E-state index in [9.17, 15) is 13.2 Å². The fourth-order valence-corrected chi connectivity index (χ4v) is 5.67. The van der Waals surface area contributed by atoms with E-state index in [4.69, 9.17) is 0 Å². The Bertz CT molecular complexity index is 891. The molecule has 5 heteroatoms. The lowest BCUT2D eigenvalue weighted by Gasteiger charge is -2.46. The number of hydrogen-bond donors (Lipinski definition) is 0. The molecule has 2 aromatic carbocycles. The summed E-state index contributed by atoms with van der Waals surface area (Å²) in [6, 6.07) is 15.2. The molecule has 2 aromatic rings. The fraction of sp³-hybridized carbons (Fsp3) is 0.435. The van der Waals surface area contributed by atoms with Crippen LogP contribution in [0.15, 0.2) is 59.5 Å². The number of nitrogens with zero attached hydrogens (tertiary/aromatic N) is 1. The van der Waals surface area contributed by atoms with Crippen LogP contribution in [0.2, 0.25) is 0 Å². The van der Waals surface area contributed by atoms with Crippen molar-refractivity contribution in [3.8, 4) is 0 Å². The molecule has 3 rings (SSSR count). The Kier molecular flexibility index (Phi) is 6.68. The van der Waals surface area contributed by atoms with Gasteiger partial charge in [-0.3, -0.25) is 4.79 Å². The van der Waals surface area contributed by atoms with Gasteiger partial charge in [0.1, 0.15) is 0 Å². The zero-order chi connectivity index (χ0) is 20.1. The van der Waals surface area contributed by atoms with E-state index in [1.54, 1.807) is 36.4 Å². The molecule has 4 nitrogen and oxygen atoms in total. The van der Waals surface area contributed by atoms with Gasteiger partial charge in [0.15, 0.2) is 5.78 Å². The van der Waals surface area contributed by atoms with Crippen LogP contribution < -0.4 is 0 Å². The van der Waals surface area contributed by atoms with Crippen molar-refractivity contribution in [3.63, 3.8) is 0 Å². The number of Topliss-reactive ketones (excluding diaryl/α,β-unsaturated/α-hetero) is 1. The molecule has 0 N–H and O–H groups in total. The molecule has 0 saturated carbocycles. The van der Waals surface area contributed by atoms with E-state index >= 15 is 0 Å². The summed E-state index contributed by atoms with van der Waals surface area (Å²) in [5, 5.41) is 0. The first-order valence-electron chi connectivity index (χ1n) is 10.1. The fourth-order valence-electron chi connectivity index (χ4n) is 3.85.